The molecule has 0 spiro atoms. The van der Waals surface area contributed by atoms with Crippen molar-refractivity contribution in [2.45, 2.75) is 32.0 Å². The van der Waals surface area contributed by atoms with Gasteiger partial charge in [-0.05, 0) is 55.8 Å². The molecule has 34 heavy (non-hydrogen) atoms. The fraction of sp³-hybridized carbons (Fsp3) is 0.217. The number of amides is 1. The van der Waals surface area contributed by atoms with Gasteiger partial charge in [-0.15, -0.1) is 10.2 Å². The van der Waals surface area contributed by atoms with Crippen LogP contribution < -0.4 is 11.2 Å². The van der Waals surface area contributed by atoms with E-state index in [-0.39, 0.29) is 18.1 Å². The Morgan fingerprint density at radius 2 is 2.03 bits per heavy atom. The summed E-state index contributed by atoms with van der Waals surface area (Å²) in [6, 6.07) is 11.6. The maximum Gasteiger partial charge on any atom is 0.226 e. The Hall–Kier alpha value is -4.04. The van der Waals surface area contributed by atoms with Gasteiger partial charge < -0.3 is 20.1 Å². The number of thioether (sulfide) groups is 1. The number of nitrogen functional groups attached to an aromatic ring is 1. The monoisotopic (exact) mass is 479 g/mol. The van der Waals surface area contributed by atoms with Crippen molar-refractivity contribution in [1.82, 2.24) is 19.4 Å². The minimum Gasteiger partial charge on any atom is -0.467 e. The number of hydrogen-bond donors (Lipinski definition) is 2. The van der Waals surface area contributed by atoms with Crippen molar-refractivity contribution in [1.29, 1.82) is 5.26 Å². The fourth-order valence-electron chi connectivity index (χ4n) is 3.49. The van der Waals surface area contributed by atoms with E-state index in [1.54, 1.807) is 24.5 Å². The zero-order chi connectivity index (χ0) is 24.2. The fourth-order valence-corrected chi connectivity index (χ4v) is 4.28. The molecule has 0 radical (unpaired) electrons. The predicted molar refractivity (Wildman–Crippen MR) is 126 cm³/mol. The zero-order valence-electron chi connectivity index (χ0n) is 18.6. The normalized spacial score (nSPS) is 10.9. The smallest absolute Gasteiger partial charge is 0.226 e. The number of furan rings is 1. The second-order valence-electron chi connectivity index (χ2n) is 7.54. The molecule has 0 aliphatic heterocycles. The standard InChI is InChI=1S/C23H22FN7O2S/c1-14-15(2)30(13-18-4-3-10-33-18)22(19(14)12-25)27-20(32)9-11-34-23-29-28-21(31(23)26)16-5-7-17(24)8-6-16/h3-8,10H,9,11,13,26H2,1-2H3,(H,27,32). The van der Waals surface area contributed by atoms with Crippen molar-refractivity contribution in [3.8, 4) is 17.5 Å². The largest absolute Gasteiger partial charge is 0.467 e. The lowest BCUT2D eigenvalue weighted by atomic mass is 10.2. The van der Waals surface area contributed by atoms with Crippen LogP contribution in [0.25, 0.3) is 11.4 Å². The Labute approximate surface area is 199 Å². The molecule has 11 heteroatoms. The first-order valence-electron chi connectivity index (χ1n) is 10.4. The molecule has 4 rings (SSSR count). The van der Waals surface area contributed by atoms with Crippen LogP contribution >= 0.6 is 11.8 Å². The SMILES string of the molecule is Cc1c(C#N)c(NC(=O)CCSc2nnc(-c3ccc(F)cc3)n2N)n(Cc2ccco2)c1C. The molecule has 3 heterocycles. The molecule has 0 aliphatic rings. The number of carbonyl (C=O) groups is 1. The van der Waals surface area contributed by atoms with Crippen LogP contribution in [0.4, 0.5) is 10.2 Å². The first kappa shape index (κ1) is 23.1. The van der Waals surface area contributed by atoms with E-state index in [1.165, 1.54) is 28.6 Å². The summed E-state index contributed by atoms with van der Waals surface area (Å²) < 4.78 is 21.8. The van der Waals surface area contributed by atoms with E-state index in [9.17, 15) is 14.4 Å². The van der Waals surface area contributed by atoms with Gasteiger partial charge in [0.05, 0.1) is 18.4 Å². The van der Waals surface area contributed by atoms with E-state index in [4.69, 9.17) is 10.3 Å². The second kappa shape index (κ2) is 9.84. The van der Waals surface area contributed by atoms with Gasteiger partial charge in [-0.25, -0.2) is 9.07 Å². The quantitative estimate of drug-likeness (QED) is 0.290. The molecule has 0 saturated heterocycles. The average Bonchev–Trinajstić information content (AvgIpc) is 3.52. The van der Waals surface area contributed by atoms with Gasteiger partial charge in [-0.2, -0.15) is 5.26 Å². The Kier molecular flexibility index (Phi) is 6.70. The molecular weight excluding hydrogens is 457 g/mol. The first-order chi connectivity index (χ1) is 16.4. The van der Waals surface area contributed by atoms with E-state index >= 15 is 0 Å². The molecule has 1 amide bonds. The minimum atomic E-state index is -0.354. The summed E-state index contributed by atoms with van der Waals surface area (Å²) in [5.74, 6) is 7.44. The van der Waals surface area contributed by atoms with Crippen LogP contribution in [-0.2, 0) is 11.3 Å². The highest BCUT2D eigenvalue weighted by molar-refractivity contribution is 7.99. The van der Waals surface area contributed by atoms with Crippen LogP contribution in [0.5, 0.6) is 0 Å². The molecule has 0 aliphatic carbocycles. The number of nitrogens with two attached hydrogens (primary N) is 1. The molecule has 0 saturated carbocycles. The van der Waals surface area contributed by atoms with E-state index < -0.39 is 0 Å². The molecule has 0 atom stereocenters. The van der Waals surface area contributed by atoms with Gasteiger partial charge >= 0.3 is 0 Å². The predicted octanol–water partition coefficient (Wildman–Crippen LogP) is 3.85. The number of anilines is 1. The van der Waals surface area contributed by atoms with Gasteiger partial charge in [-0.3, -0.25) is 4.79 Å². The lowest BCUT2D eigenvalue weighted by Crippen LogP contribution is -2.17. The van der Waals surface area contributed by atoms with Gasteiger partial charge in [0.1, 0.15) is 23.5 Å². The van der Waals surface area contributed by atoms with E-state index in [0.29, 0.717) is 46.0 Å². The molecule has 3 N–H and O–H groups in total. The maximum absolute atomic E-state index is 13.2. The molecule has 4 aromatic rings. The van der Waals surface area contributed by atoms with E-state index in [1.807, 2.05) is 24.5 Å². The third-order valence-electron chi connectivity index (χ3n) is 5.42. The number of aromatic nitrogens is 4. The molecule has 3 aromatic heterocycles. The molecular formula is C23H22FN7O2S. The zero-order valence-corrected chi connectivity index (χ0v) is 19.4. The summed E-state index contributed by atoms with van der Waals surface area (Å²) in [4.78, 5) is 12.7. The highest BCUT2D eigenvalue weighted by atomic mass is 32.2. The van der Waals surface area contributed by atoms with Crippen LogP contribution in [0.1, 0.15) is 29.0 Å². The Balaban J connectivity index is 1.42. The Morgan fingerprint density at radius 1 is 1.26 bits per heavy atom. The topological polar surface area (TPSA) is 128 Å². The van der Waals surface area contributed by atoms with Crippen molar-refractivity contribution < 1.29 is 13.6 Å². The molecule has 0 fully saturated rings. The van der Waals surface area contributed by atoms with Crippen LogP contribution in [0.15, 0.2) is 52.2 Å². The molecule has 0 unspecified atom stereocenters. The summed E-state index contributed by atoms with van der Waals surface area (Å²) in [6.07, 6.45) is 1.75. The number of nitrogens with zero attached hydrogens (tertiary/aromatic N) is 5. The lowest BCUT2D eigenvalue weighted by Gasteiger charge is -2.12. The second-order valence-corrected chi connectivity index (χ2v) is 8.60. The summed E-state index contributed by atoms with van der Waals surface area (Å²) in [5, 5.41) is 21.1. The number of halogens is 1. The number of hydrogen-bond acceptors (Lipinski definition) is 7. The van der Waals surface area contributed by atoms with Crippen LogP contribution in [0.2, 0.25) is 0 Å². The van der Waals surface area contributed by atoms with Crippen molar-refractivity contribution in [3.63, 3.8) is 0 Å². The molecule has 0 bridgehead atoms. The third-order valence-corrected chi connectivity index (χ3v) is 6.37. The van der Waals surface area contributed by atoms with E-state index in [2.05, 4.69) is 21.6 Å². The van der Waals surface area contributed by atoms with Crippen LogP contribution in [0, 0.1) is 31.0 Å². The maximum atomic E-state index is 13.2. The van der Waals surface area contributed by atoms with Crippen LogP contribution in [0.3, 0.4) is 0 Å². The summed E-state index contributed by atoms with van der Waals surface area (Å²) in [7, 11) is 0. The van der Waals surface area contributed by atoms with Crippen molar-refractivity contribution in [2.24, 2.45) is 0 Å². The van der Waals surface area contributed by atoms with Gasteiger partial charge in [0, 0.05) is 23.4 Å². The minimum absolute atomic E-state index is 0.165. The summed E-state index contributed by atoms with van der Waals surface area (Å²) >= 11 is 1.27. The molecule has 1 aromatic carbocycles. The number of rotatable bonds is 8. The number of benzene rings is 1. The highest BCUT2D eigenvalue weighted by Crippen LogP contribution is 2.28. The van der Waals surface area contributed by atoms with Crippen LogP contribution in [-0.4, -0.2) is 31.1 Å². The van der Waals surface area contributed by atoms with Gasteiger partial charge in [-0.1, -0.05) is 11.8 Å². The summed E-state index contributed by atoms with van der Waals surface area (Å²) in [5.41, 5.74) is 2.74. The van der Waals surface area contributed by atoms with E-state index in [0.717, 1.165) is 11.3 Å². The van der Waals surface area contributed by atoms with Crippen molar-refractivity contribution in [2.75, 3.05) is 16.9 Å². The van der Waals surface area contributed by atoms with Gasteiger partial charge in [0.15, 0.2) is 5.82 Å². The average molecular weight is 480 g/mol. The first-order valence-corrected chi connectivity index (χ1v) is 11.4. The van der Waals surface area contributed by atoms with Crippen molar-refractivity contribution >= 4 is 23.5 Å². The number of nitriles is 1. The highest BCUT2D eigenvalue weighted by Gasteiger charge is 2.20. The Bertz CT molecular complexity index is 1350. The molecule has 174 valence electrons. The Morgan fingerprint density at radius 3 is 2.71 bits per heavy atom. The lowest BCUT2D eigenvalue weighted by molar-refractivity contribution is -0.115. The third kappa shape index (κ3) is 4.67. The van der Waals surface area contributed by atoms with Gasteiger partial charge in [0.25, 0.3) is 0 Å². The number of nitrogens with one attached hydrogen (secondary N) is 1. The number of carbonyl (C=O) groups excluding carboxylic acids is 1. The molecule has 9 nitrogen and oxygen atoms in total. The van der Waals surface area contributed by atoms with Gasteiger partial charge in [0.2, 0.25) is 11.1 Å². The summed E-state index contributed by atoms with van der Waals surface area (Å²) in [6.45, 7) is 4.15. The van der Waals surface area contributed by atoms with Crippen molar-refractivity contribution in [3.05, 3.63) is 71.1 Å².